The molecule has 0 aromatic heterocycles. The quantitative estimate of drug-likeness (QED) is 0.0273. The van der Waals surface area contributed by atoms with Crippen molar-refractivity contribution >= 4 is 5.97 Å². The maximum absolute atomic E-state index is 12.8. The van der Waals surface area contributed by atoms with Gasteiger partial charge in [0.2, 0.25) is 0 Å². The largest absolute Gasteiger partial charge is 0.457 e. The van der Waals surface area contributed by atoms with Gasteiger partial charge in [-0.05, 0) is 64.2 Å². The summed E-state index contributed by atoms with van der Waals surface area (Å²) in [5.74, 6) is -0.356. The number of allylic oxidation sites excluding steroid dienone is 12. The van der Waals surface area contributed by atoms with Gasteiger partial charge in [0, 0.05) is 13.0 Å². The maximum Gasteiger partial charge on any atom is 0.306 e. The van der Waals surface area contributed by atoms with Crippen molar-refractivity contribution < 1.29 is 44.2 Å². The highest BCUT2D eigenvalue weighted by molar-refractivity contribution is 5.69. The molecule has 9 nitrogen and oxygen atoms in total. The highest BCUT2D eigenvalue weighted by atomic mass is 16.7. The molecular formula is C49H84O9. The van der Waals surface area contributed by atoms with E-state index in [1.165, 1.54) is 77.0 Å². The van der Waals surface area contributed by atoms with Gasteiger partial charge in [0.25, 0.3) is 0 Å². The number of unbranched alkanes of at least 4 members (excludes halogenated alkanes) is 15. The molecule has 4 N–H and O–H groups in total. The van der Waals surface area contributed by atoms with Crippen molar-refractivity contribution in [3.8, 4) is 0 Å². The van der Waals surface area contributed by atoms with E-state index in [0.717, 1.165) is 64.2 Å². The van der Waals surface area contributed by atoms with Gasteiger partial charge < -0.3 is 39.4 Å². The first-order valence-corrected chi connectivity index (χ1v) is 23.0. The van der Waals surface area contributed by atoms with Crippen molar-refractivity contribution in [3.63, 3.8) is 0 Å². The van der Waals surface area contributed by atoms with Crippen molar-refractivity contribution in [2.45, 2.75) is 205 Å². The van der Waals surface area contributed by atoms with Crippen LogP contribution < -0.4 is 0 Å². The van der Waals surface area contributed by atoms with Crippen LogP contribution in [0.5, 0.6) is 0 Å². The Bertz CT molecular complexity index is 1110. The number of carbonyl (C=O) groups excluding carboxylic acids is 1. The van der Waals surface area contributed by atoms with E-state index in [9.17, 15) is 25.2 Å². The maximum atomic E-state index is 12.8. The van der Waals surface area contributed by atoms with Crippen LogP contribution in [0, 0.1) is 0 Å². The van der Waals surface area contributed by atoms with E-state index >= 15 is 0 Å². The molecule has 0 aliphatic carbocycles. The lowest BCUT2D eigenvalue weighted by Gasteiger charge is -2.39. The fourth-order valence-corrected chi connectivity index (χ4v) is 6.55. The van der Waals surface area contributed by atoms with Gasteiger partial charge in [-0.2, -0.15) is 0 Å². The van der Waals surface area contributed by atoms with Gasteiger partial charge in [0.1, 0.15) is 30.5 Å². The zero-order valence-electron chi connectivity index (χ0n) is 36.5. The number of aliphatic hydroxyl groups excluding tert-OH is 4. The molecule has 0 aromatic carbocycles. The zero-order valence-corrected chi connectivity index (χ0v) is 36.5. The summed E-state index contributed by atoms with van der Waals surface area (Å²) < 4.78 is 22.8. The standard InChI is InChI=1S/C49H84O9/c1-3-5-7-9-11-13-15-17-19-20-21-22-23-24-25-26-28-30-32-34-36-38-45(51)57-43(42-56-49-48(54)47(53)46(52)44(40-50)58-49)41-55-39-37-35-33-31-29-27-18-16-14-12-10-8-6-4-2/h5,7,11,13,17,19,21-22,24-25,28,30,43-44,46-50,52-54H,3-4,6,8-10,12,14-16,18,20,23,26-27,29,31-42H2,1-2H3/b7-5-,13-11-,19-17-,22-21-,25-24-,30-28-. The van der Waals surface area contributed by atoms with E-state index in [1.54, 1.807) is 0 Å². The van der Waals surface area contributed by atoms with Gasteiger partial charge in [-0.1, -0.05) is 170 Å². The van der Waals surface area contributed by atoms with Crippen molar-refractivity contribution in [1.29, 1.82) is 0 Å². The molecule has 1 aliphatic rings. The van der Waals surface area contributed by atoms with Crippen LogP contribution in [0.15, 0.2) is 72.9 Å². The van der Waals surface area contributed by atoms with Crippen molar-refractivity contribution in [2.24, 2.45) is 0 Å². The molecule has 6 unspecified atom stereocenters. The number of aliphatic hydroxyl groups is 4. The fourth-order valence-electron chi connectivity index (χ4n) is 6.55. The fraction of sp³-hybridized carbons (Fsp3) is 0.735. The molecule has 0 aromatic rings. The third-order valence-corrected chi connectivity index (χ3v) is 10.1. The smallest absolute Gasteiger partial charge is 0.306 e. The van der Waals surface area contributed by atoms with Crippen molar-refractivity contribution in [2.75, 3.05) is 26.4 Å². The monoisotopic (exact) mass is 817 g/mol. The average molecular weight is 817 g/mol. The van der Waals surface area contributed by atoms with Crippen LogP contribution in [0.25, 0.3) is 0 Å². The molecule has 0 saturated carbocycles. The van der Waals surface area contributed by atoms with E-state index in [4.69, 9.17) is 18.9 Å². The molecule has 58 heavy (non-hydrogen) atoms. The van der Waals surface area contributed by atoms with E-state index in [0.29, 0.717) is 13.0 Å². The van der Waals surface area contributed by atoms with Gasteiger partial charge in [-0.15, -0.1) is 0 Å². The van der Waals surface area contributed by atoms with Crippen LogP contribution >= 0.6 is 0 Å². The predicted molar refractivity (Wildman–Crippen MR) is 237 cm³/mol. The lowest BCUT2D eigenvalue weighted by molar-refractivity contribution is -0.305. The molecule has 1 aliphatic heterocycles. The Kier molecular flexibility index (Phi) is 37.1. The highest BCUT2D eigenvalue weighted by Crippen LogP contribution is 2.22. The Hall–Kier alpha value is -2.37. The molecule has 1 fully saturated rings. The van der Waals surface area contributed by atoms with Crippen LogP contribution in [-0.2, 0) is 23.7 Å². The Morgan fingerprint density at radius 3 is 1.55 bits per heavy atom. The molecule has 6 atom stereocenters. The van der Waals surface area contributed by atoms with E-state index < -0.39 is 43.4 Å². The van der Waals surface area contributed by atoms with Crippen LogP contribution in [-0.4, -0.2) is 89.6 Å². The molecule has 0 radical (unpaired) electrons. The Labute approximate surface area is 353 Å². The predicted octanol–water partition coefficient (Wildman–Crippen LogP) is 10.5. The number of ether oxygens (including phenoxy) is 4. The van der Waals surface area contributed by atoms with Gasteiger partial charge in [0.15, 0.2) is 6.29 Å². The summed E-state index contributed by atoms with van der Waals surface area (Å²) in [4.78, 5) is 12.8. The first-order valence-electron chi connectivity index (χ1n) is 23.0. The number of hydrogen-bond donors (Lipinski definition) is 4. The van der Waals surface area contributed by atoms with Crippen LogP contribution in [0.2, 0.25) is 0 Å². The summed E-state index contributed by atoms with van der Waals surface area (Å²) in [6.07, 6.45) is 45.0. The second-order valence-electron chi connectivity index (χ2n) is 15.5. The number of esters is 1. The SMILES string of the molecule is CC/C=C\C/C=C\C/C=C\C/C=C\C/C=C\C/C=C\CCCCC(=O)OC(COCCCCCCCCCCCCCCCC)COC1OC(CO)C(O)C(O)C1O. The number of hydrogen-bond acceptors (Lipinski definition) is 9. The van der Waals surface area contributed by atoms with Crippen molar-refractivity contribution in [1.82, 2.24) is 0 Å². The summed E-state index contributed by atoms with van der Waals surface area (Å²) in [6, 6.07) is 0. The Balaban J connectivity index is 2.30. The summed E-state index contributed by atoms with van der Waals surface area (Å²) in [6.45, 7) is 4.39. The topological polar surface area (TPSA) is 135 Å². The minimum absolute atomic E-state index is 0.125. The van der Waals surface area contributed by atoms with Gasteiger partial charge in [-0.25, -0.2) is 0 Å². The summed E-state index contributed by atoms with van der Waals surface area (Å²) in [5.41, 5.74) is 0. The molecule has 0 bridgehead atoms. The lowest BCUT2D eigenvalue weighted by atomic mass is 9.99. The molecule has 0 amide bonds. The Morgan fingerprint density at radius 2 is 1.05 bits per heavy atom. The lowest BCUT2D eigenvalue weighted by Crippen LogP contribution is -2.59. The number of carbonyl (C=O) groups is 1. The second kappa shape index (κ2) is 40.1. The molecule has 1 heterocycles. The molecule has 9 heteroatoms. The first-order chi connectivity index (χ1) is 28.4. The summed E-state index contributed by atoms with van der Waals surface area (Å²) in [5, 5.41) is 40.1. The van der Waals surface area contributed by atoms with Gasteiger partial charge >= 0.3 is 5.97 Å². The number of rotatable bonds is 38. The van der Waals surface area contributed by atoms with Gasteiger partial charge in [0.05, 0.1) is 19.8 Å². The third-order valence-electron chi connectivity index (χ3n) is 10.1. The summed E-state index contributed by atoms with van der Waals surface area (Å²) in [7, 11) is 0. The van der Waals surface area contributed by atoms with Crippen LogP contribution in [0.4, 0.5) is 0 Å². The minimum Gasteiger partial charge on any atom is -0.457 e. The average Bonchev–Trinajstić information content (AvgIpc) is 3.22. The molecule has 1 saturated heterocycles. The molecule has 334 valence electrons. The normalized spacial score (nSPS) is 21.0. The van der Waals surface area contributed by atoms with E-state index in [-0.39, 0.29) is 25.6 Å². The van der Waals surface area contributed by atoms with Gasteiger partial charge in [-0.3, -0.25) is 4.79 Å². The molecule has 1 rings (SSSR count). The third kappa shape index (κ3) is 30.6. The minimum atomic E-state index is -1.55. The highest BCUT2D eigenvalue weighted by Gasteiger charge is 2.44. The zero-order chi connectivity index (χ0) is 42.2. The van der Waals surface area contributed by atoms with Crippen molar-refractivity contribution in [3.05, 3.63) is 72.9 Å². The summed E-state index contributed by atoms with van der Waals surface area (Å²) >= 11 is 0. The van der Waals surface area contributed by atoms with E-state index in [1.807, 2.05) is 0 Å². The Morgan fingerprint density at radius 1 is 0.569 bits per heavy atom. The van der Waals surface area contributed by atoms with E-state index in [2.05, 4.69) is 86.8 Å². The molecule has 0 spiro atoms. The van der Waals surface area contributed by atoms with Crippen LogP contribution in [0.1, 0.15) is 168 Å². The first kappa shape index (κ1) is 53.6. The second-order valence-corrected chi connectivity index (χ2v) is 15.5. The molecular weight excluding hydrogens is 733 g/mol. The van der Waals surface area contributed by atoms with Crippen LogP contribution in [0.3, 0.4) is 0 Å².